The molecule has 0 saturated heterocycles. The van der Waals surface area contributed by atoms with E-state index >= 15 is 0 Å². The van der Waals surface area contributed by atoms with Crippen LogP contribution in [0.2, 0.25) is 5.02 Å². The smallest absolute Gasteiger partial charge is 0.234 e. The van der Waals surface area contributed by atoms with Crippen molar-refractivity contribution >= 4 is 45.0 Å². The number of amides is 1. The molecule has 1 rings (SSSR count). The molecule has 0 aliphatic rings. The van der Waals surface area contributed by atoms with Gasteiger partial charge in [0.1, 0.15) is 0 Å². The molecule has 0 aliphatic carbocycles. The summed E-state index contributed by atoms with van der Waals surface area (Å²) in [6.07, 6.45) is 0. The molecule has 0 spiro atoms. The van der Waals surface area contributed by atoms with E-state index in [1.165, 1.54) is 6.92 Å². The lowest BCUT2D eigenvalue weighted by atomic mass is 10.1. The van der Waals surface area contributed by atoms with Crippen molar-refractivity contribution < 1.29 is 10.0 Å². The third-order valence-corrected chi connectivity index (χ3v) is 3.03. The number of halogens is 2. The van der Waals surface area contributed by atoms with E-state index in [4.69, 9.17) is 22.5 Å². The number of carbonyl (C=O) groups is 1. The number of hydrogen-bond acceptors (Lipinski definition) is 3. The fraction of sp³-hybridized carbons (Fsp3) is 0.200. The van der Waals surface area contributed by atoms with Crippen molar-refractivity contribution in [3.8, 4) is 0 Å². The summed E-state index contributed by atoms with van der Waals surface area (Å²) in [4.78, 5) is 11.7. The van der Waals surface area contributed by atoms with Gasteiger partial charge in [0.15, 0.2) is 5.84 Å². The molecule has 1 atom stereocenters. The lowest BCUT2D eigenvalue weighted by molar-refractivity contribution is -0.117. The highest BCUT2D eigenvalue weighted by molar-refractivity contribution is 9.10. The van der Waals surface area contributed by atoms with Gasteiger partial charge < -0.3 is 16.3 Å². The number of rotatable bonds is 3. The number of benzene rings is 1. The molecule has 0 saturated carbocycles. The van der Waals surface area contributed by atoms with E-state index in [1.807, 2.05) is 0 Å². The molecule has 1 unspecified atom stereocenters. The van der Waals surface area contributed by atoms with Gasteiger partial charge in [0.05, 0.1) is 11.6 Å². The third kappa shape index (κ3) is 3.61. The highest BCUT2D eigenvalue weighted by atomic mass is 79.9. The maximum atomic E-state index is 11.7. The van der Waals surface area contributed by atoms with Crippen molar-refractivity contribution in [3.05, 3.63) is 27.7 Å². The standard InChI is InChI=1S/C10H11BrClN3O2/c1-5(9(13)15-17)10(16)14-8-3-2-6(12)4-7(8)11/h2-5,17H,1H3,(H2,13,15)(H,14,16). The number of oxime groups is 1. The Morgan fingerprint density at radius 2 is 2.29 bits per heavy atom. The third-order valence-electron chi connectivity index (χ3n) is 2.14. The van der Waals surface area contributed by atoms with Gasteiger partial charge in [-0.2, -0.15) is 0 Å². The van der Waals surface area contributed by atoms with E-state index in [0.717, 1.165) is 0 Å². The van der Waals surface area contributed by atoms with Crippen LogP contribution >= 0.6 is 27.5 Å². The first-order chi connectivity index (χ1) is 7.95. The van der Waals surface area contributed by atoms with Crippen LogP contribution in [0.25, 0.3) is 0 Å². The molecule has 7 heteroatoms. The predicted octanol–water partition coefficient (Wildman–Crippen LogP) is 2.42. The van der Waals surface area contributed by atoms with Crippen molar-refractivity contribution in [2.24, 2.45) is 16.8 Å². The number of nitrogens with zero attached hydrogens (tertiary/aromatic N) is 1. The molecule has 1 aromatic rings. The van der Waals surface area contributed by atoms with E-state index in [1.54, 1.807) is 18.2 Å². The quantitative estimate of drug-likeness (QED) is 0.346. The molecule has 1 aromatic carbocycles. The Labute approximate surface area is 112 Å². The zero-order chi connectivity index (χ0) is 13.0. The highest BCUT2D eigenvalue weighted by Gasteiger charge is 2.18. The van der Waals surface area contributed by atoms with Crippen LogP contribution in [-0.4, -0.2) is 17.0 Å². The second kappa shape index (κ2) is 5.88. The van der Waals surface area contributed by atoms with Crippen molar-refractivity contribution in [2.75, 3.05) is 5.32 Å². The number of nitrogens with two attached hydrogens (primary N) is 1. The maximum absolute atomic E-state index is 11.7. The molecule has 0 radical (unpaired) electrons. The largest absolute Gasteiger partial charge is 0.409 e. The average Bonchev–Trinajstić information content (AvgIpc) is 2.30. The van der Waals surface area contributed by atoms with E-state index in [9.17, 15) is 4.79 Å². The first-order valence-electron chi connectivity index (χ1n) is 4.69. The SMILES string of the molecule is CC(C(=O)Nc1ccc(Cl)cc1Br)/C(N)=N/O. The summed E-state index contributed by atoms with van der Waals surface area (Å²) in [5, 5.41) is 14.4. The monoisotopic (exact) mass is 319 g/mol. The van der Waals surface area contributed by atoms with Gasteiger partial charge in [0.25, 0.3) is 0 Å². The van der Waals surface area contributed by atoms with Gasteiger partial charge in [-0.3, -0.25) is 4.79 Å². The van der Waals surface area contributed by atoms with Crippen LogP contribution in [0.3, 0.4) is 0 Å². The maximum Gasteiger partial charge on any atom is 0.234 e. The van der Waals surface area contributed by atoms with Crippen LogP contribution < -0.4 is 11.1 Å². The summed E-state index contributed by atoms with van der Waals surface area (Å²) < 4.78 is 0.657. The number of hydrogen-bond donors (Lipinski definition) is 3. The Kier molecular flexibility index (Phi) is 4.77. The minimum absolute atomic E-state index is 0.146. The van der Waals surface area contributed by atoms with Crippen molar-refractivity contribution in [3.63, 3.8) is 0 Å². The second-order valence-electron chi connectivity index (χ2n) is 3.36. The summed E-state index contributed by atoms with van der Waals surface area (Å²) in [6, 6.07) is 4.96. The van der Waals surface area contributed by atoms with Gasteiger partial charge in [-0.1, -0.05) is 16.8 Å². The van der Waals surface area contributed by atoms with Gasteiger partial charge in [0.2, 0.25) is 5.91 Å². The molecular weight excluding hydrogens is 309 g/mol. The van der Waals surface area contributed by atoms with Crippen LogP contribution in [-0.2, 0) is 4.79 Å². The van der Waals surface area contributed by atoms with Crippen LogP contribution in [0.15, 0.2) is 27.8 Å². The Balaban J connectivity index is 2.81. The van der Waals surface area contributed by atoms with Gasteiger partial charge in [-0.25, -0.2) is 0 Å². The van der Waals surface area contributed by atoms with Gasteiger partial charge in [-0.15, -0.1) is 0 Å². The number of nitrogens with one attached hydrogen (secondary N) is 1. The van der Waals surface area contributed by atoms with E-state index in [2.05, 4.69) is 26.4 Å². The van der Waals surface area contributed by atoms with Crippen LogP contribution in [0, 0.1) is 5.92 Å². The molecule has 0 heterocycles. The molecule has 17 heavy (non-hydrogen) atoms. The van der Waals surface area contributed by atoms with Gasteiger partial charge in [0, 0.05) is 9.50 Å². The molecular formula is C10H11BrClN3O2. The van der Waals surface area contributed by atoms with Gasteiger partial charge >= 0.3 is 0 Å². The predicted molar refractivity (Wildman–Crippen MR) is 70.4 cm³/mol. The van der Waals surface area contributed by atoms with Crippen LogP contribution in [0.5, 0.6) is 0 Å². The Bertz CT molecular complexity index is 465. The Morgan fingerprint density at radius 3 is 2.82 bits per heavy atom. The summed E-state index contributed by atoms with van der Waals surface area (Å²) >= 11 is 9.04. The molecule has 92 valence electrons. The van der Waals surface area contributed by atoms with Crippen LogP contribution in [0.4, 0.5) is 5.69 Å². The Hall–Kier alpha value is -1.27. The summed E-state index contributed by atoms with van der Waals surface area (Å²) in [7, 11) is 0. The first-order valence-corrected chi connectivity index (χ1v) is 5.86. The van der Waals surface area contributed by atoms with E-state index in [0.29, 0.717) is 15.2 Å². The normalized spacial score (nSPS) is 13.2. The molecule has 1 amide bonds. The fourth-order valence-electron chi connectivity index (χ4n) is 1.05. The fourth-order valence-corrected chi connectivity index (χ4v) is 1.83. The minimum atomic E-state index is -0.720. The van der Waals surface area contributed by atoms with Crippen LogP contribution in [0.1, 0.15) is 6.92 Å². The zero-order valence-corrected chi connectivity index (χ0v) is 11.3. The van der Waals surface area contributed by atoms with Crippen molar-refractivity contribution in [1.29, 1.82) is 0 Å². The highest BCUT2D eigenvalue weighted by Crippen LogP contribution is 2.26. The average molecular weight is 321 g/mol. The molecule has 4 N–H and O–H groups in total. The van der Waals surface area contributed by atoms with Crippen molar-refractivity contribution in [1.82, 2.24) is 0 Å². The molecule has 0 fully saturated rings. The Morgan fingerprint density at radius 1 is 1.65 bits per heavy atom. The van der Waals surface area contributed by atoms with E-state index < -0.39 is 5.92 Å². The van der Waals surface area contributed by atoms with E-state index in [-0.39, 0.29) is 11.7 Å². The zero-order valence-electron chi connectivity index (χ0n) is 8.95. The minimum Gasteiger partial charge on any atom is -0.409 e. The topological polar surface area (TPSA) is 87.7 Å². The first kappa shape index (κ1) is 13.8. The second-order valence-corrected chi connectivity index (χ2v) is 4.65. The van der Waals surface area contributed by atoms with Gasteiger partial charge in [-0.05, 0) is 41.1 Å². The summed E-state index contributed by atoms with van der Waals surface area (Å²) in [5.74, 6) is -1.24. The number of carbonyl (C=O) groups excluding carboxylic acids is 1. The summed E-state index contributed by atoms with van der Waals surface area (Å²) in [6.45, 7) is 1.54. The molecule has 5 nitrogen and oxygen atoms in total. The number of anilines is 1. The summed E-state index contributed by atoms with van der Waals surface area (Å²) in [5.41, 5.74) is 5.91. The molecule has 0 aromatic heterocycles. The van der Waals surface area contributed by atoms with Crippen molar-refractivity contribution in [2.45, 2.75) is 6.92 Å². The lowest BCUT2D eigenvalue weighted by Crippen LogP contribution is -2.32. The molecule has 0 bridgehead atoms. The molecule has 0 aliphatic heterocycles. The number of amidine groups is 1. The lowest BCUT2D eigenvalue weighted by Gasteiger charge is -2.12.